The molecule has 20 heavy (non-hydrogen) atoms. The molecule has 1 N–H and O–H groups in total. The second kappa shape index (κ2) is 5.21. The van der Waals surface area contributed by atoms with E-state index in [4.69, 9.17) is 0 Å². The monoisotopic (exact) mass is 264 g/mol. The molecule has 0 aliphatic heterocycles. The van der Waals surface area contributed by atoms with Crippen LogP contribution in [0.4, 0.5) is 5.82 Å². The Labute approximate surface area is 118 Å². The summed E-state index contributed by atoms with van der Waals surface area (Å²) in [6, 6.07) is 19.5. The number of pyridine rings is 1. The third-order valence-electron chi connectivity index (χ3n) is 3.31. The normalized spacial score (nSPS) is 10.7. The summed E-state index contributed by atoms with van der Waals surface area (Å²) in [7, 11) is 2.00. The van der Waals surface area contributed by atoms with Gasteiger partial charge in [0.05, 0.1) is 5.52 Å². The minimum Gasteiger partial charge on any atom is -0.508 e. The summed E-state index contributed by atoms with van der Waals surface area (Å²) >= 11 is 0. The summed E-state index contributed by atoms with van der Waals surface area (Å²) in [5.74, 6) is 1.22. The number of hydrogen-bond donors (Lipinski definition) is 1. The van der Waals surface area contributed by atoms with Gasteiger partial charge in [-0.1, -0.05) is 30.3 Å². The Morgan fingerprint density at radius 1 is 1.00 bits per heavy atom. The van der Waals surface area contributed by atoms with E-state index >= 15 is 0 Å². The maximum absolute atomic E-state index is 9.50. The van der Waals surface area contributed by atoms with Crippen molar-refractivity contribution >= 4 is 16.7 Å². The van der Waals surface area contributed by atoms with Crippen molar-refractivity contribution in [1.29, 1.82) is 0 Å². The third-order valence-corrected chi connectivity index (χ3v) is 3.31. The molecule has 1 heterocycles. The van der Waals surface area contributed by atoms with Gasteiger partial charge in [-0.15, -0.1) is 0 Å². The molecule has 3 aromatic rings. The van der Waals surface area contributed by atoms with E-state index in [0.29, 0.717) is 12.3 Å². The first-order valence-electron chi connectivity index (χ1n) is 6.57. The summed E-state index contributed by atoms with van der Waals surface area (Å²) in [5, 5.41) is 10.6. The van der Waals surface area contributed by atoms with Gasteiger partial charge in [0, 0.05) is 19.0 Å². The second-order valence-electron chi connectivity index (χ2n) is 4.89. The Bertz CT molecular complexity index is 740. The number of benzene rings is 2. The second-order valence-corrected chi connectivity index (χ2v) is 4.89. The van der Waals surface area contributed by atoms with E-state index in [1.54, 1.807) is 12.1 Å². The molecule has 0 radical (unpaired) electrons. The van der Waals surface area contributed by atoms with E-state index in [-0.39, 0.29) is 0 Å². The molecule has 0 saturated carbocycles. The molecule has 0 atom stereocenters. The standard InChI is InChI=1S/C17H16N2O/c1-19(12-13-5-4-7-15(20)11-13)17-10-9-14-6-2-3-8-16(14)18-17/h2-11,20H,12H2,1H3. The predicted molar refractivity (Wildman–Crippen MR) is 82.0 cm³/mol. The summed E-state index contributed by atoms with van der Waals surface area (Å²) < 4.78 is 0. The van der Waals surface area contributed by atoms with Gasteiger partial charge >= 0.3 is 0 Å². The number of hydrogen-bond acceptors (Lipinski definition) is 3. The number of nitrogens with zero attached hydrogens (tertiary/aromatic N) is 2. The fraction of sp³-hybridized carbons (Fsp3) is 0.118. The Morgan fingerprint density at radius 2 is 1.85 bits per heavy atom. The van der Waals surface area contributed by atoms with Crippen LogP contribution < -0.4 is 4.90 Å². The van der Waals surface area contributed by atoms with E-state index in [2.05, 4.69) is 22.0 Å². The van der Waals surface area contributed by atoms with Crippen LogP contribution in [-0.4, -0.2) is 17.1 Å². The van der Waals surface area contributed by atoms with Crippen molar-refractivity contribution in [3.8, 4) is 5.75 Å². The summed E-state index contributed by atoms with van der Waals surface area (Å²) in [6.07, 6.45) is 0. The Hall–Kier alpha value is -2.55. The van der Waals surface area contributed by atoms with Crippen LogP contribution in [0, 0.1) is 0 Å². The zero-order chi connectivity index (χ0) is 13.9. The SMILES string of the molecule is CN(Cc1cccc(O)c1)c1ccc2ccccc2n1. The van der Waals surface area contributed by atoms with Crippen LogP contribution in [0.25, 0.3) is 10.9 Å². The number of rotatable bonds is 3. The van der Waals surface area contributed by atoms with Crippen molar-refractivity contribution in [2.45, 2.75) is 6.54 Å². The largest absolute Gasteiger partial charge is 0.508 e. The molecule has 0 fully saturated rings. The van der Waals surface area contributed by atoms with Gasteiger partial charge in [0.25, 0.3) is 0 Å². The fourth-order valence-electron chi connectivity index (χ4n) is 2.28. The number of phenols is 1. The predicted octanol–water partition coefficient (Wildman–Crippen LogP) is 3.58. The van der Waals surface area contributed by atoms with E-state index in [0.717, 1.165) is 22.3 Å². The molecule has 0 amide bonds. The molecular weight excluding hydrogens is 248 g/mol. The molecule has 1 aromatic heterocycles. The molecule has 0 spiro atoms. The number of para-hydroxylation sites is 1. The van der Waals surface area contributed by atoms with Crippen molar-refractivity contribution in [3.05, 3.63) is 66.2 Å². The topological polar surface area (TPSA) is 36.4 Å². The number of anilines is 1. The van der Waals surface area contributed by atoms with Gasteiger partial charge in [0.15, 0.2) is 0 Å². The van der Waals surface area contributed by atoms with Crippen molar-refractivity contribution in [2.75, 3.05) is 11.9 Å². The molecule has 3 heteroatoms. The maximum atomic E-state index is 9.50. The number of phenolic OH excluding ortho intramolecular Hbond substituents is 1. The zero-order valence-electron chi connectivity index (χ0n) is 11.3. The van der Waals surface area contributed by atoms with E-state index in [1.807, 2.05) is 43.4 Å². The lowest BCUT2D eigenvalue weighted by Gasteiger charge is -2.18. The summed E-state index contributed by atoms with van der Waals surface area (Å²) in [6.45, 7) is 0.708. The zero-order valence-corrected chi connectivity index (χ0v) is 11.3. The third kappa shape index (κ3) is 2.57. The Kier molecular flexibility index (Phi) is 3.25. The lowest BCUT2D eigenvalue weighted by Crippen LogP contribution is -2.17. The molecule has 0 aliphatic carbocycles. The van der Waals surface area contributed by atoms with E-state index in [9.17, 15) is 5.11 Å². The van der Waals surface area contributed by atoms with Crippen LogP contribution in [0.1, 0.15) is 5.56 Å². The minimum absolute atomic E-state index is 0.294. The van der Waals surface area contributed by atoms with Gasteiger partial charge < -0.3 is 10.0 Å². The first kappa shape index (κ1) is 12.5. The summed E-state index contributed by atoms with van der Waals surface area (Å²) in [4.78, 5) is 6.73. The van der Waals surface area contributed by atoms with Crippen LogP contribution >= 0.6 is 0 Å². The Morgan fingerprint density at radius 3 is 2.70 bits per heavy atom. The van der Waals surface area contributed by atoms with Crippen molar-refractivity contribution in [3.63, 3.8) is 0 Å². The van der Waals surface area contributed by atoms with Crippen LogP contribution in [0.3, 0.4) is 0 Å². The highest BCUT2D eigenvalue weighted by Crippen LogP contribution is 2.19. The molecule has 0 bridgehead atoms. The number of fused-ring (bicyclic) bond motifs is 1. The molecule has 2 aromatic carbocycles. The first-order valence-corrected chi connectivity index (χ1v) is 6.57. The van der Waals surface area contributed by atoms with Gasteiger partial charge in [-0.3, -0.25) is 0 Å². The lowest BCUT2D eigenvalue weighted by atomic mass is 10.2. The highest BCUT2D eigenvalue weighted by molar-refractivity contribution is 5.80. The molecule has 0 unspecified atom stereocenters. The van der Waals surface area contributed by atoms with Crippen molar-refractivity contribution in [1.82, 2.24) is 4.98 Å². The van der Waals surface area contributed by atoms with Crippen LogP contribution in [0.5, 0.6) is 5.75 Å². The highest BCUT2D eigenvalue weighted by atomic mass is 16.3. The van der Waals surface area contributed by atoms with Crippen LogP contribution in [0.15, 0.2) is 60.7 Å². The number of aromatic hydroxyl groups is 1. The van der Waals surface area contributed by atoms with Gasteiger partial charge in [-0.25, -0.2) is 4.98 Å². The molecular formula is C17H16N2O. The van der Waals surface area contributed by atoms with Gasteiger partial charge in [0.1, 0.15) is 11.6 Å². The lowest BCUT2D eigenvalue weighted by molar-refractivity contribution is 0.474. The molecule has 0 aliphatic rings. The van der Waals surface area contributed by atoms with E-state index < -0.39 is 0 Å². The quantitative estimate of drug-likeness (QED) is 0.785. The Balaban J connectivity index is 1.86. The maximum Gasteiger partial charge on any atom is 0.129 e. The summed E-state index contributed by atoms with van der Waals surface area (Å²) in [5.41, 5.74) is 2.05. The van der Waals surface area contributed by atoms with Gasteiger partial charge in [-0.2, -0.15) is 0 Å². The van der Waals surface area contributed by atoms with Crippen molar-refractivity contribution in [2.24, 2.45) is 0 Å². The first-order chi connectivity index (χ1) is 9.72. The minimum atomic E-state index is 0.294. The average Bonchev–Trinajstić information content (AvgIpc) is 2.47. The molecule has 100 valence electrons. The fourth-order valence-corrected chi connectivity index (χ4v) is 2.28. The van der Waals surface area contributed by atoms with Gasteiger partial charge in [0.2, 0.25) is 0 Å². The van der Waals surface area contributed by atoms with E-state index in [1.165, 1.54) is 0 Å². The molecule has 3 rings (SSSR count). The molecule has 0 saturated heterocycles. The van der Waals surface area contributed by atoms with Crippen LogP contribution in [-0.2, 0) is 6.54 Å². The number of aromatic nitrogens is 1. The molecule has 3 nitrogen and oxygen atoms in total. The van der Waals surface area contributed by atoms with Crippen LogP contribution in [0.2, 0.25) is 0 Å². The van der Waals surface area contributed by atoms with Gasteiger partial charge in [-0.05, 0) is 35.9 Å². The average molecular weight is 264 g/mol. The highest BCUT2D eigenvalue weighted by Gasteiger charge is 2.05. The smallest absolute Gasteiger partial charge is 0.129 e. The van der Waals surface area contributed by atoms with Crippen molar-refractivity contribution < 1.29 is 5.11 Å².